The number of hydrogen-bond acceptors (Lipinski definition) is 4. The standard InChI is InChI=1S/C35H51NO4/c1-3-5-7-9-11-13-15-17-19-34(38)36-31-25-21-29(22-26-31)30-23-27-32(37)33(28-24-30)40-35(39)20-18-16-14-12-10-8-6-4-2/h21-28H,3-20H2,1-2H3,(H,36,38). The number of unbranched alkanes of at least 4 members (excludes halogenated alkanes) is 14. The van der Waals surface area contributed by atoms with Crippen molar-refractivity contribution >= 4 is 17.6 Å². The fourth-order valence-corrected chi connectivity index (χ4v) is 4.79. The lowest BCUT2D eigenvalue weighted by molar-refractivity contribution is -0.134. The highest BCUT2D eigenvalue weighted by Crippen LogP contribution is 2.22. The summed E-state index contributed by atoms with van der Waals surface area (Å²) in [5.41, 5.74) is 2.18. The molecule has 0 radical (unpaired) electrons. The van der Waals surface area contributed by atoms with Crippen molar-refractivity contribution in [1.29, 1.82) is 0 Å². The van der Waals surface area contributed by atoms with E-state index in [1.807, 2.05) is 24.3 Å². The molecule has 5 heteroatoms. The van der Waals surface area contributed by atoms with Crippen LogP contribution in [-0.2, 0) is 9.59 Å². The van der Waals surface area contributed by atoms with Crippen molar-refractivity contribution in [2.24, 2.45) is 0 Å². The number of amides is 1. The minimum Gasteiger partial charge on any atom is -0.422 e. The van der Waals surface area contributed by atoms with Crippen molar-refractivity contribution < 1.29 is 14.3 Å². The second-order valence-electron chi connectivity index (χ2n) is 10.9. The number of ether oxygens (including phenoxy) is 1. The van der Waals surface area contributed by atoms with E-state index >= 15 is 0 Å². The van der Waals surface area contributed by atoms with E-state index in [2.05, 4.69) is 19.2 Å². The zero-order valence-electron chi connectivity index (χ0n) is 25.0. The second kappa shape index (κ2) is 20.9. The third-order valence-electron chi connectivity index (χ3n) is 7.29. The number of carbonyl (C=O) groups is 2. The number of benzene rings is 1. The Bertz CT molecular complexity index is 1050. The van der Waals surface area contributed by atoms with Crippen LogP contribution in [0.25, 0.3) is 11.1 Å². The number of esters is 1. The Kier molecular flexibility index (Phi) is 17.4. The predicted octanol–water partition coefficient (Wildman–Crippen LogP) is 9.62. The first-order chi connectivity index (χ1) is 19.5. The first kappa shape index (κ1) is 33.3. The quantitative estimate of drug-likeness (QED) is 0.124. The van der Waals surface area contributed by atoms with Crippen LogP contribution in [0, 0.1) is 0 Å². The van der Waals surface area contributed by atoms with Gasteiger partial charge in [0.2, 0.25) is 11.3 Å². The fraction of sp³-hybridized carbons (Fsp3) is 0.571. The molecular formula is C35H51NO4. The summed E-state index contributed by atoms with van der Waals surface area (Å²) in [4.78, 5) is 37.1. The lowest BCUT2D eigenvalue weighted by atomic mass is 10.1. The molecule has 0 spiro atoms. The van der Waals surface area contributed by atoms with Gasteiger partial charge in [0.1, 0.15) is 0 Å². The largest absolute Gasteiger partial charge is 0.422 e. The zero-order chi connectivity index (χ0) is 28.8. The lowest BCUT2D eigenvalue weighted by Gasteiger charge is -2.07. The van der Waals surface area contributed by atoms with Crippen molar-refractivity contribution in [2.45, 2.75) is 129 Å². The molecule has 2 aromatic carbocycles. The molecule has 1 N–H and O–H groups in total. The molecule has 0 aliphatic carbocycles. The molecule has 0 saturated carbocycles. The Balaban J connectivity index is 1.76. The second-order valence-corrected chi connectivity index (χ2v) is 10.9. The van der Waals surface area contributed by atoms with Crippen molar-refractivity contribution in [3.63, 3.8) is 0 Å². The van der Waals surface area contributed by atoms with Gasteiger partial charge in [-0.1, -0.05) is 128 Å². The highest BCUT2D eigenvalue weighted by molar-refractivity contribution is 5.91. The van der Waals surface area contributed by atoms with Crippen molar-refractivity contribution in [3.8, 4) is 16.9 Å². The van der Waals surface area contributed by atoms with Crippen LogP contribution in [-0.4, -0.2) is 11.9 Å². The summed E-state index contributed by atoms with van der Waals surface area (Å²) >= 11 is 0. The highest BCUT2D eigenvalue weighted by atomic mass is 16.5. The van der Waals surface area contributed by atoms with Crippen LogP contribution in [0.3, 0.4) is 0 Å². The summed E-state index contributed by atoms with van der Waals surface area (Å²) in [5, 5.41) is 2.97. The molecule has 0 heterocycles. The van der Waals surface area contributed by atoms with Gasteiger partial charge in [-0.2, -0.15) is 0 Å². The van der Waals surface area contributed by atoms with Gasteiger partial charge in [0.25, 0.3) is 0 Å². The van der Waals surface area contributed by atoms with Crippen LogP contribution in [0.1, 0.15) is 129 Å². The van der Waals surface area contributed by atoms with Gasteiger partial charge >= 0.3 is 5.97 Å². The number of nitrogens with one attached hydrogen (secondary N) is 1. The van der Waals surface area contributed by atoms with Gasteiger partial charge in [-0.05, 0) is 48.2 Å². The third-order valence-corrected chi connectivity index (χ3v) is 7.29. The monoisotopic (exact) mass is 549 g/mol. The lowest BCUT2D eigenvalue weighted by Crippen LogP contribution is -2.12. The van der Waals surface area contributed by atoms with E-state index in [1.54, 1.807) is 18.2 Å². The zero-order valence-corrected chi connectivity index (χ0v) is 25.0. The minimum absolute atomic E-state index is 0.0410. The Hall–Kier alpha value is -2.95. The summed E-state index contributed by atoms with van der Waals surface area (Å²) in [6.45, 7) is 4.44. The number of anilines is 1. The van der Waals surface area contributed by atoms with Gasteiger partial charge in [0.15, 0.2) is 5.75 Å². The van der Waals surface area contributed by atoms with E-state index < -0.39 is 0 Å². The molecule has 0 bridgehead atoms. The maximum absolute atomic E-state index is 12.5. The van der Waals surface area contributed by atoms with Gasteiger partial charge in [-0.25, -0.2) is 0 Å². The Morgan fingerprint density at radius 3 is 1.57 bits per heavy atom. The fourth-order valence-electron chi connectivity index (χ4n) is 4.79. The van der Waals surface area contributed by atoms with Crippen LogP contribution in [0.15, 0.2) is 53.3 Å². The topological polar surface area (TPSA) is 72.5 Å². The summed E-state index contributed by atoms with van der Waals surface area (Å²) in [7, 11) is 0. The molecule has 0 aromatic heterocycles. The molecular weight excluding hydrogens is 498 g/mol. The van der Waals surface area contributed by atoms with Crippen LogP contribution >= 0.6 is 0 Å². The highest BCUT2D eigenvalue weighted by Gasteiger charge is 2.08. The first-order valence-corrected chi connectivity index (χ1v) is 15.8. The molecule has 0 atom stereocenters. The normalized spacial score (nSPS) is 10.8. The molecule has 40 heavy (non-hydrogen) atoms. The van der Waals surface area contributed by atoms with Crippen molar-refractivity contribution in [2.75, 3.05) is 5.32 Å². The van der Waals surface area contributed by atoms with Gasteiger partial charge in [0, 0.05) is 18.5 Å². The van der Waals surface area contributed by atoms with E-state index in [9.17, 15) is 14.4 Å². The minimum atomic E-state index is -0.358. The van der Waals surface area contributed by atoms with Crippen LogP contribution in [0.4, 0.5) is 5.69 Å². The molecule has 0 aliphatic rings. The molecule has 0 saturated heterocycles. The molecule has 2 aromatic rings. The molecule has 1 amide bonds. The molecule has 0 aliphatic heterocycles. The van der Waals surface area contributed by atoms with E-state index in [0.717, 1.165) is 48.9 Å². The first-order valence-electron chi connectivity index (χ1n) is 15.8. The summed E-state index contributed by atoms with van der Waals surface area (Å²) in [5.74, 6) is -0.261. The molecule has 2 rings (SSSR count). The predicted molar refractivity (Wildman–Crippen MR) is 167 cm³/mol. The summed E-state index contributed by atoms with van der Waals surface area (Å²) < 4.78 is 5.39. The van der Waals surface area contributed by atoms with Crippen molar-refractivity contribution in [3.05, 3.63) is 58.8 Å². The van der Waals surface area contributed by atoms with Gasteiger partial charge in [-0.3, -0.25) is 14.4 Å². The van der Waals surface area contributed by atoms with Crippen LogP contribution in [0.5, 0.6) is 5.75 Å². The van der Waals surface area contributed by atoms with E-state index in [0.29, 0.717) is 12.8 Å². The number of rotatable bonds is 21. The molecule has 220 valence electrons. The average molecular weight is 550 g/mol. The molecule has 5 nitrogen and oxygen atoms in total. The Morgan fingerprint density at radius 2 is 1.02 bits per heavy atom. The van der Waals surface area contributed by atoms with Gasteiger partial charge in [-0.15, -0.1) is 0 Å². The van der Waals surface area contributed by atoms with Crippen molar-refractivity contribution in [1.82, 2.24) is 0 Å². The smallest absolute Gasteiger partial charge is 0.311 e. The maximum atomic E-state index is 12.5. The van der Waals surface area contributed by atoms with Crippen LogP contribution < -0.4 is 15.5 Å². The van der Waals surface area contributed by atoms with E-state index in [1.165, 1.54) is 76.7 Å². The SMILES string of the molecule is CCCCCCCCCCC(=O)Nc1ccc(-c2ccc(OC(=O)CCCCCCCCCC)c(=O)cc2)cc1. The summed E-state index contributed by atoms with van der Waals surface area (Å²) in [6.07, 6.45) is 19.8. The number of carbonyl (C=O) groups excluding carboxylic acids is 2. The maximum Gasteiger partial charge on any atom is 0.311 e. The summed E-state index contributed by atoms with van der Waals surface area (Å²) in [6, 6.07) is 14.1. The van der Waals surface area contributed by atoms with E-state index in [-0.39, 0.29) is 23.1 Å². The molecule has 0 unspecified atom stereocenters. The van der Waals surface area contributed by atoms with E-state index in [4.69, 9.17) is 4.74 Å². The third kappa shape index (κ3) is 14.4. The van der Waals surface area contributed by atoms with Crippen LogP contribution in [0.2, 0.25) is 0 Å². The van der Waals surface area contributed by atoms with Gasteiger partial charge in [0.05, 0.1) is 0 Å². The Labute approximate surface area is 242 Å². The number of hydrogen-bond donors (Lipinski definition) is 1. The Morgan fingerprint density at radius 1 is 0.575 bits per heavy atom. The molecule has 0 fully saturated rings. The average Bonchev–Trinajstić information content (AvgIpc) is 3.13. The van der Waals surface area contributed by atoms with Gasteiger partial charge < -0.3 is 10.1 Å².